The van der Waals surface area contributed by atoms with Gasteiger partial charge in [0.1, 0.15) is 62.9 Å². The van der Waals surface area contributed by atoms with E-state index in [0.717, 1.165) is 24.5 Å². The monoisotopic (exact) mass is 538 g/mol. The van der Waals surface area contributed by atoms with Gasteiger partial charge in [-0.25, -0.2) is 0 Å². The van der Waals surface area contributed by atoms with Crippen molar-refractivity contribution < 1.29 is 39.5 Å². The van der Waals surface area contributed by atoms with Gasteiger partial charge in [-0.15, -0.1) is 0 Å². The van der Waals surface area contributed by atoms with Crippen molar-refractivity contribution in [3.8, 4) is 68.1 Å². The molecule has 0 amide bonds. The van der Waals surface area contributed by atoms with Gasteiger partial charge in [0.05, 0.1) is 16.7 Å². The van der Waals surface area contributed by atoms with Gasteiger partial charge >= 0.3 is 0 Å². The fraction of sp³-hybridized carbons (Fsp3) is 0. The average molecular weight is 538 g/mol. The number of benzene rings is 4. The van der Waals surface area contributed by atoms with Crippen molar-refractivity contribution in [2.24, 2.45) is 0 Å². The minimum absolute atomic E-state index is 0.00888. The molecule has 0 saturated carbocycles. The van der Waals surface area contributed by atoms with Crippen LogP contribution in [0, 0.1) is 0 Å². The van der Waals surface area contributed by atoms with E-state index < -0.39 is 39.4 Å². The zero-order valence-electron chi connectivity index (χ0n) is 20.2. The molecule has 0 fully saturated rings. The van der Waals surface area contributed by atoms with E-state index in [1.54, 1.807) is 0 Å². The molecule has 0 saturated heterocycles. The Morgan fingerprint density at radius 3 is 1.85 bits per heavy atom. The van der Waals surface area contributed by atoms with E-state index in [0.29, 0.717) is 11.1 Å². The van der Waals surface area contributed by atoms with Crippen LogP contribution in [0.3, 0.4) is 0 Å². The molecule has 6 aromatic rings. The second-order valence-electron chi connectivity index (χ2n) is 9.03. The lowest BCUT2D eigenvalue weighted by Gasteiger charge is -2.15. The Hall–Kier alpha value is -5.90. The molecule has 0 aliphatic carbocycles. The Balaban J connectivity index is 1.61. The first-order valence-electron chi connectivity index (χ1n) is 11.8. The second kappa shape index (κ2) is 8.84. The topological polar surface area (TPSA) is 182 Å². The zero-order chi connectivity index (χ0) is 28.3. The SMILES string of the molecule is O=c1cc(-c2ccc(O)cc2)oc2cc(O)c(-c3c(O)cc(O)c4c(=O)c(-c5ccc(O)cc5)coc34)c(O)c12. The first-order valence-corrected chi connectivity index (χ1v) is 11.8. The lowest BCUT2D eigenvalue weighted by Crippen LogP contribution is -2.06. The van der Waals surface area contributed by atoms with Crippen LogP contribution in [-0.2, 0) is 0 Å². The van der Waals surface area contributed by atoms with Crippen LogP contribution in [0.25, 0.3) is 55.5 Å². The van der Waals surface area contributed by atoms with E-state index in [-0.39, 0.29) is 50.3 Å². The van der Waals surface area contributed by atoms with E-state index in [9.17, 15) is 40.2 Å². The van der Waals surface area contributed by atoms with Crippen molar-refractivity contribution in [2.75, 3.05) is 0 Å². The summed E-state index contributed by atoms with van der Waals surface area (Å²) in [7, 11) is 0. The highest BCUT2D eigenvalue weighted by molar-refractivity contribution is 6.06. The van der Waals surface area contributed by atoms with Crippen molar-refractivity contribution >= 4 is 21.9 Å². The summed E-state index contributed by atoms with van der Waals surface area (Å²) in [5.74, 6) is -2.56. The highest BCUT2D eigenvalue weighted by Gasteiger charge is 2.27. The molecule has 0 aliphatic rings. The number of aromatic hydroxyl groups is 6. The molecule has 2 aromatic heterocycles. The fourth-order valence-corrected chi connectivity index (χ4v) is 4.66. The van der Waals surface area contributed by atoms with Gasteiger partial charge in [0.25, 0.3) is 0 Å². The molecule has 0 bridgehead atoms. The van der Waals surface area contributed by atoms with Gasteiger partial charge in [-0.1, -0.05) is 12.1 Å². The summed E-state index contributed by atoms with van der Waals surface area (Å²) in [6.45, 7) is 0. The summed E-state index contributed by atoms with van der Waals surface area (Å²) < 4.78 is 11.4. The van der Waals surface area contributed by atoms with Gasteiger partial charge in [-0.3, -0.25) is 9.59 Å². The molecule has 198 valence electrons. The molecule has 4 aromatic carbocycles. The van der Waals surface area contributed by atoms with Gasteiger partial charge in [-0.2, -0.15) is 0 Å². The molecule has 10 nitrogen and oxygen atoms in total. The quantitative estimate of drug-likeness (QED) is 0.177. The molecule has 0 unspecified atom stereocenters. The summed E-state index contributed by atoms with van der Waals surface area (Å²) in [5.41, 5.74) is -1.82. The summed E-state index contributed by atoms with van der Waals surface area (Å²) in [6, 6.07) is 14.5. The van der Waals surface area contributed by atoms with Gasteiger partial charge in [-0.05, 0) is 42.0 Å². The number of fused-ring (bicyclic) bond motifs is 2. The Morgan fingerprint density at radius 2 is 1.20 bits per heavy atom. The molecule has 6 N–H and O–H groups in total. The molecule has 0 atom stereocenters. The zero-order valence-corrected chi connectivity index (χ0v) is 20.2. The van der Waals surface area contributed by atoms with Crippen molar-refractivity contribution in [1.82, 2.24) is 0 Å². The van der Waals surface area contributed by atoms with E-state index in [1.165, 1.54) is 48.5 Å². The summed E-state index contributed by atoms with van der Waals surface area (Å²) in [6.07, 6.45) is 1.08. The van der Waals surface area contributed by atoms with E-state index in [1.807, 2.05) is 0 Å². The number of phenols is 6. The van der Waals surface area contributed by atoms with Crippen molar-refractivity contribution in [3.05, 3.63) is 93.4 Å². The number of phenolic OH excluding ortho intramolecular Hbond substituents is 6. The van der Waals surface area contributed by atoms with Crippen LogP contribution < -0.4 is 10.9 Å². The molecule has 0 radical (unpaired) electrons. The maximum Gasteiger partial charge on any atom is 0.204 e. The van der Waals surface area contributed by atoms with Crippen molar-refractivity contribution in [3.63, 3.8) is 0 Å². The molecule has 0 spiro atoms. The number of hydrogen-bond acceptors (Lipinski definition) is 10. The fourth-order valence-electron chi connectivity index (χ4n) is 4.66. The van der Waals surface area contributed by atoms with E-state index >= 15 is 0 Å². The Kier molecular flexibility index (Phi) is 5.40. The largest absolute Gasteiger partial charge is 0.508 e. The lowest BCUT2D eigenvalue weighted by atomic mass is 9.95. The molecular formula is C30H18O10. The van der Waals surface area contributed by atoms with Crippen LogP contribution >= 0.6 is 0 Å². The van der Waals surface area contributed by atoms with Gasteiger partial charge in [0.2, 0.25) is 5.43 Å². The molecule has 10 heteroatoms. The summed E-state index contributed by atoms with van der Waals surface area (Å²) in [4.78, 5) is 26.5. The van der Waals surface area contributed by atoms with Crippen LogP contribution in [0.15, 0.2) is 91.4 Å². The third-order valence-corrected chi connectivity index (χ3v) is 6.56. The minimum Gasteiger partial charge on any atom is -0.508 e. The molecule has 6 rings (SSSR count). The van der Waals surface area contributed by atoms with Crippen LogP contribution in [0.2, 0.25) is 0 Å². The maximum absolute atomic E-state index is 13.4. The molecular weight excluding hydrogens is 520 g/mol. The predicted molar refractivity (Wildman–Crippen MR) is 145 cm³/mol. The van der Waals surface area contributed by atoms with Crippen LogP contribution in [0.4, 0.5) is 0 Å². The van der Waals surface area contributed by atoms with Crippen LogP contribution in [-0.4, -0.2) is 30.6 Å². The molecule has 0 aliphatic heterocycles. The normalized spacial score (nSPS) is 11.3. The van der Waals surface area contributed by atoms with Crippen molar-refractivity contribution in [2.45, 2.75) is 0 Å². The van der Waals surface area contributed by atoms with Crippen molar-refractivity contribution in [1.29, 1.82) is 0 Å². The van der Waals surface area contributed by atoms with Gasteiger partial charge in [0, 0.05) is 23.8 Å². The average Bonchev–Trinajstić information content (AvgIpc) is 2.91. The standard InChI is InChI=1S/C30H18O10/c31-15-5-1-13(2-6-15)17-12-39-30-26(18(33)9-19(34)27(30)28(17)37)25-21(36)11-23-24(29(25)38)20(35)10-22(40-23)14-3-7-16(32)8-4-14/h1-12,31-34,36,38H. The molecule has 2 heterocycles. The van der Waals surface area contributed by atoms with Gasteiger partial charge in [0.15, 0.2) is 11.0 Å². The summed E-state index contributed by atoms with van der Waals surface area (Å²) in [5, 5.41) is 61.8. The number of rotatable bonds is 3. The Bertz CT molecular complexity index is 2090. The smallest absolute Gasteiger partial charge is 0.204 e. The van der Waals surface area contributed by atoms with E-state index in [2.05, 4.69) is 0 Å². The van der Waals surface area contributed by atoms with Crippen LogP contribution in [0.1, 0.15) is 0 Å². The van der Waals surface area contributed by atoms with Gasteiger partial charge < -0.3 is 39.5 Å². The molecule has 40 heavy (non-hydrogen) atoms. The second-order valence-corrected chi connectivity index (χ2v) is 9.03. The summed E-state index contributed by atoms with van der Waals surface area (Å²) >= 11 is 0. The highest BCUT2D eigenvalue weighted by atomic mass is 16.3. The Morgan fingerprint density at radius 1 is 0.600 bits per heavy atom. The highest BCUT2D eigenvalue weighted by Crippen LogP contribution is 2.49. The third kappa shape index (κ3) is 3.74. The predicted octanol–water partition coefficient (Wildman–Crippen LogP) is 5.13. The third-order valence-electron chi connectivity index (χ3n) is 6.56. The maximum atomic E-state index is 13.4. The lowest BCUT2D eigenvalue weighted by molar-refractivity contribution is 0.444. The van der Waals surface area contributed by atoms with E-state index in [4.69, 9.17) is 8.83 Å². The van der Waals surface area contributed by atoms with Crippen LogP contribution in [0.5, 0.6) is 34.5 Å². The minimum atomic E-state index is -0.756. The first kappa shape index (κ1) is 24.4. The number of hydrogen-bond donors (Lipinski definition) is 6. The first-order chi connectivity index (χ1) is 19.1. The Labute approximate surface area is 223 Å².